The molecule has 28 heavy (non-hydrogen) atoms. The predicted molar refractivity (Wildman–Crippen MR) is 108 cm³/mol. The normalized spacial score (nSPS) is 10.9. The van der Waals surface area contributed by atoms with Crippen LogP contribution < -0.4 is 10.9 Å². The highest BCUT2D eigenvalue weighted by atomic mass is 16.2. The molecule has 0 radical (unpaired) electrons. The fraction of sp³-hybridized carbons (Fsp3) is 0.136. The molecule has 2 aromatic rings. The second-order valence-electron chi connectivity index (χ2n) is 6.82. The zero-order valence-electron chi connectivity index (χ0n) is 15.7. The maximum Gasteiger partial charge on any atom is 0.282 e. The molecule has 0 unspecified atom stereocenters. The van der Waals surface area contributed by atoms with E-state index in [0.717, 1.165) is 5.56 Å². The molecule has 2 aliphatic heterocycles. The second kappa shape index (κ2) is 7.15. The first kappa shape index (κ1) is 17.7. The number of rotatable bonds is 4. The van der Waals surface area contributed by atoms with Crippen molar-refractivity contribution in [2.45, 2.75) is 13.5 Å². The summed E-state index contributed by atoms with van der Waals surface area (Å²) >= 11 is 0. The first-order valence-corrected chi connectivity index (χ1v) is 9.01. The first-order valence-electron chi connectivity index (χ1n) is 9.01. The van der Waals surface area contributed by atoms with E-state index >= 15 is 0 Å². The van der Waals surface area contributed by atoms with Crippen LogP contribution in [0, 0.1) is 6.92 Å². The Morgan fingerprint density at radius 3 is 2.46 bits per heavy atom. The Balaban J connectivity index is 1.69. The zero-order chi connectivity index (χ0) is 19.7. The molecule has 0 bridgehead atoms. The molecule has 6 heteroatoms. The summed E-state index contributed by atoms with van der Waals surface area (Å²) in [6, 6.07) is 17.2. The van der Waals surface area contributed by atoms with Crippen LogP contribution in [0.2, 0.25) is 0 Å². The van der Waals surface area contributed by atoms with Crippen molar-refractivity contribution in [1.29, 1.82) is 0 Å². The van der Waals surface area contributed by atoms with Crippen molar-refractivity contribution < 1.29 is 4.79 Å². The van der Waals surface area contributed by atoms with Crippen LogP contribution in [-0.4, -0.2) is 20.3 Å². The van der Waals surface area contributed by atoms with E-state index in [1.807, 2.05) is 61.5 Å². The van der Waals surface area contributed by atoms with E-state index in [9.17, 15) is 9.59 Å². The first-order chi connectivity index (χ1) is 13.5. The third-order valence-corrected chi connectivity index (χ3v) is 4.62. The molecule has 0 fully saturated rings. The van der Waals surface area contributed by atoms with Crippen molar-refractivity contribution in [3.8, 4) is 16.9 Å². The summed E-state index contributed by atoms with van der Waals surface area (Å²) in [5.41, 5.74) is 3.78. The number of hydrogen-bond acceptors (Lipinski definition) is 3. The molecule has 0 spiro atoms. The van der Waals surface area contributed by atoms with Crippen LogP contribution >= 0.6 is 0 Å². The Bertz CT molecular complexity index is 1160. The van der Waals surface area contributed by atoms with E-state index < -0.39 is 0 Å². The average molecular weight is 372 g/mol. The van der Waals surface area contributed by atoms with Gasteiger partial charge < -0.3 is 9.88 Å². The summed E-state index contributed by atoms with van der Waals surface area (Å²) < 4.78 is 3.04. The van der Waals surface area contributed by atoms with Crippen molar-refractivity contribution in [2.24, 2.45) is 7.05 Å². The largest absolute Gasteiger partial charge is 0.356 e. The van der Waals surface area contributed by atoms with Gasteiger partial charge in [0.1, 0.15) is 5.69 Å². The van der Waals surface area contributed by atoms with E-state index in [2.05, 4.69) is 10.4 Å². The van der Waals surface area contributed by atoms with Gasteiger partial charge in [0.25, 0.3) is 11.5 Å². The summed E-state index contributed by atoms with van der Waals surface area (Å²) in [7, 11) is 1.79. The number of nitrogens with one attached hydrogen (secondary N) is 1. The van der Waals surface area contributed by atoms with Crippen LogP contribution in [-0.2, 0) is 13.6 Å². The van der Waals surface area contributed by atoms with Gasteiger partial charge in [-0.3, -0.25) is 9.59 Å². The maximum absolute atomic E-state index is 12.8. The number of hydrogen-bond donors (Lipinski definition) is 1. The number of amides is 1. The van der Waals surface area contributed by atoms with Crippen molar-refractivity contribution >= 4 is 5.91 Å². The van der Waals surface area contributed by atoms with Gasteiger partial charge >= 0.3 is 0 Å². The lowest BCUT2D eigenvalue weighted by Crippen LogP contribution is -2.24. The number of carbonyl (C=O) groups excluding carboxylic acids is 1. The van der Waals surface area contributed by atoms with Gasteiger partial charge in [-0.1, -0.05) is 48.0 Å². The lowest BCUT2D eigenvalue weighted by atomic mass is 10.1. The van der Waals surface area contributed by atoms with Crippen LogP contribution in [0.5, 0.6) is 0 Å². The summed E-state index contributed by atoms with van der Waals surface area (Å²) in [6.45, 7) is 2.43. The van der Waals surface area contributed by atoms with E-state index in [-0.39, 0.29) is 11.5 Å². The van der Waals surface area contributed by atoms with Gasteiger partial charge in [-0.15, -0.1) is 0 Å². The smallest absolute Gasteiger partial charge is 0.282 e. The molecule has 2 aromatic carbocycles. The molecule has 1 N–H and O–H groups in total. The van der Waals surface area contributed by atoms with Gasteiger partial charge in [0.15, 0.2) is 0 Å². The SMILES string of the molecule is Cc1ccc(CNC(=O)c2cn(C)cc3c(=O)n(-c4ccccc4)nc2-3)cc1. The van der Waals surface area contributed by atoms with Crippen LogP contribution in [0.15, 0.2) is 71.8 Å². The van der Waals surface area contributed by atoms with Crippen molar-refractivity contribution in [3.05, 3.63) is 94.0 Å². The Kier molecular flexibility index (Phi) is 4.53. The number of benzene rings is 2. The zero-order valence-corrected chi connectivity index (χ0v) is 15.7. The molecule has 2 heterocycles. The molecule has 0 aromatic heterocycles. The van der Waals surface area contributed by atoms with E-state index in [0.29, 0.717) is 29.1 Å². The summed E-state index contributed by atoms with van der Waals surface area (Å²) in [5, 5.41) is 7.36. The van der Waals surface area contributed by atoms with Crippen molar-refractivity contribution in [3.63, 3.8) is 0 Å². The van der Waals surface area contributed by atoms with E-state index in [1.54, 1.807) is 24.0 Å². The highest BCUT2D eigenvalue weighted by molar-refractivity contribution is 5.99. The average Bonchev–Trinajstić information content (AvgIpc) is 3.04. The number of aryl methyl sites for hydroxylation is 2. The maximum atomic E-state index is 12.8. The van der Waals surface area contributed by atoms with Crippen molar-refractivity contribution in [1.82, 2.24) is 19.7 Å². The highest BCUT2D eigenvalue weighted by Crippen LogP contribution is 2.22. The minimum absolute atomic E-state index is 0.245. The lowest BCUT2D eigenvalue weighted by Gasteiger charge is -2.10. The van der Waals surface area contributed by atoms with Gasteiger partial charge in [0.2, 0.25) is 0 Å². The van der Waals surface area contributed by atoms with E-state index in [4.69, 9.17) is 0 Å². The number of aromatic nitrogens is 3. The van der Waals surface area contributed by atoms with Crippen LogP contribution in [0.1, 0.15) is 21.5 Å². The fourth-order valence-corrected chi connectivity index (χ4v) is 3.13. The molecule has 140 valence electrons. The monoisotopic (exact) mass is 372 g/mol. The molecule has 0 aliphatic carbocycles. The standard InChI is InChI=1S/C22H20N4O2/c1-15-8-10-16(11-9-15)12-23-21(27)18-13-25(2)14-19-20(18)24-26(22(19)28)17-6-4-3-5-7-17/h3-11,13-14H,12H2,1-2H3,(H,23,27). The number of fused-ring (bicyclic) bond motifs is 1. The Morgan fingerprint density at radius 1 is 1.04 bits per heavy atom. The molecule has 0 saturated carbocycles. The Hall–Kier alpha value is -3.67. The van der Waals surface area contributed by atoms with Gasteiger partial charge in [-0.2, -0.15) is 9.78 Å². The molecule has 0 saturated heterocycles. The summed E-state index contributed by atoms with van der Waals surface area (Å²) in [4.78, 5) is 25.7. The molecular formula is C22H20N4O2. The van der Waals surface area contributed by atoms with Crippen LogP contribution in [0.25, 0.3) is 16.9 Å². The lowest BCUT2D eigenvalue weighted by molar-refractivity contribution is 0.0950. The number of nitrogens with zero attached hydrogens (tertiary/aromatic N) is 3. The molecular weight excluding hydrogens is 352 g/mol. The predicted octanol–water partition coefficient (Wildman–Crippen LogP) is 2.91. The van der Waals surface area contributed by atoms with Gasteiger partial charge in [-0.25, -0.2) is 0 Å². The minimum atomic E-state index is -0.264. The molecule has 6 nitrogen and oxygen atoms in total. The molecule has 1 amide bonds. The van der Waals surface area contributed by atoms with E-state index in [1.165, 1.54) is 10.2 Å². The Morgan fingerprint density at radius 2 is 1.75 bits per heavy atom. The fourth-order valence-electron chi connectivity index (χ4n) is 3.13. The third-order valence-electron chi connectivity index (χ3n) is 4.62. The van der Waals surface area contributed by atoms with Crippen molar-refractivity contribution in [2.75, 3.05) is 0 Å². The summed E-state index contributed by atoms with van der Waals surface area (Å²) in [5.74, 6) is -0.264. The van der Waals surface area contributed by atoms with Gasteiger partial charge in [-0.05, 0) is 24.6 Å². The molecule has 0 atom stereocenters. The van der Waals surface area contributed by atoms with Crippen LogP contribution in [0.4, 0.5) is 0 Å². The third kappa shape index (κ3) is 3.32. The quantitative estimate of drug-likeness (QED) is 0.599. The van der Waals surface area contributed by atoms with Crippen LogP contribution in [0.3, 0.4) is 0 Å². The number of para-hydroxylation sites is 1. The van der Waals surface area contributed by atoms with Gasteiger partial charge in [0, 0.05) is 26.0 Å². The number of carbonyl (C=O) groups is 1. The minimum Gasteiger partial charge on any atom is -0.356 e. The Labute approximate surface area is 162 Å². The highest BCUT2D eigenvalue weighted by Gasteiger charge is 2.23. The second-order valence-corrected chi connectivity index (χ2v) is 6.82. The molecule has 2 aliphatic rings. The molecule has 4 rings (SSSR count). The summed E-state index contributed by atoms with van der Waals surface area (Å²) in [6.07, 6.45) is 3.38. The van der Waals surface area contributed by atoms with Gasteiger partial charge in [0.05, 0.1) is 16.8 Å². The number of pyridine rings is 1. The topological polar surface area (TPSA) is 68.9 Å².